The number of para-hydroxylation sites is 1. The van der Waals surface area contributed by atoms with Crippen molar-refractivity contribution >= 4 is 16.9 Å². The Bertz CT molecular complexity index is 1100. The molecule has 0 fully saturated rings. The van der Waals surface area contributed by atoms with Gasteiger partial charge in [-0.3, -0.25) is 0 Å². The molecule has 0 atom stereocenters. The van der Waals surface area contributed by atoms with Crippen LogP contribution >= 0.6 is 0 Å². The first-order valence-electron chi connectivity index (χ1n) is 9.31. The number of nitrogens with zero attached hydrogens (tertiary/aromatic N) is 3. The normalized spacial score (nSPS) is 11.0. The lowest BCUT2D eigenvalue weighted by molar-refractivity contribution is 0.337. The zero-order chi connectivity index (χ0) is 19.5. The molecule has 4 aromatic rings. The van der Waals surface area contributed by atoms with Crippen molar-refractivity contribution in [3.63, 3.8) is 0 Å². The summed E-state index contributed by atoms with van der Waals surface area (Å²) in [5, 5.41) is 7.61. The molecule has 0 spiro atoms. The van der Waals surface area contributed by atoms with Gasteiger partial charge in [0.1, 0.15) is 22.8 Å². The lowest BCUT2D eigenvalue weighted by Gasteiger charge is -2.11. The summed E-state index contributed by atoms with van der Waals surface area (Å²) in [6.45, 7) is 7.07. The number of aryl methyl sites for hydroxylation is 2. The van der Waals surface area contributed by atoms with Gasteiger partial charge in [0.25, 0.3) is 0 Å². The van der Waals surface area contributed by atoms with Crippen molar-refractivity contribution in [3.8, 4) is 17.0 Å². The smallest absolute Gasteiger partial charge is 0.228 e. The van der Waals surface area contributed by atoms with E-state index in [1.165, 1.54) is 5.56 Å². The average Bonchev–Trinajstić information content (AvgIpc) is 3.12. The molecule has 28 heavy (non-hydrogen) atoms. The highest BCUT2D eigenvalue weighted by Crippen LogP contribution is 2.31. The van der Waals surface area contributed by atoms with Gasteiger partial charge in [-0.2, -0.15) is 0 Å². The third-order valence-corrected chi connectivity index (χ3v) is 4.47. The van der Waals surface area contributed by atoms with E-state index in [0.717, 1.165) is 22.6 Å². The molecule has 0 radical (unpaired) electrons. The van der Waals surface area contributed by atoms with Crippen LogP contribution in [0.2, 0.25) is 0 Å². The van der Waals surface area contributed by atoms with Crippen LogP contribution in [0.25, 0.3) is 22.4 Å². The summed E-state index contributed by atoms with van der Waals surface area (Å²) >= 11 is 0. The number of rotatable bonds is 6. The molecule has 6 heteroatoms. The summed E-state index contributed by atoms with van der Waals surface area (Å²) < 4.78 is 11.3. The van der Waals surface area contributed by atoms with E-state index in [4.69, 9.17) is 9.26 Å². The van der Waals surface area contributed by atoms with E-state index in [0.29, 0.717) is 35.9 Å². The molecule has 1 N–H and O–H groups in total. The molecule has 0 saturated heterocycles. The molecule has 0 bridgehead atoms. The number of anilines is 1. The van der Waals surface area contributed by atoms with Gasteiger partial charge in [-0.15, -0.1) is 0 Å². The molecule has 0 aliphatic heterocycles. The third-order valence-electron chi connectivity index (χ3n) is 4.47. The second-order valence-electron chi connectivity index (χ2n) is 6.59. The van der Waals surface area contributed by atoms with Gasteiger partial charge < -0.3 is 14.6 Å². The number of nitrogens with one attached hydrogen (secondary N) is 1. The number of fused-ring (bicyclic) bond motifs is 1. The molecule has 2 heterocycles. The molecule has 0 amide bonds. The van der Waals surface area contributed by atoms with E-state index in [1.807, 2.05) is 62.4 Å². The maximum absolute atomic E-state index is 5.70. The highest BCUT2D eigenvalue weighted by molar-refractivity contribution is 5.93. The molecule has 142 valence electrons. The van der Waals surface area contributed by atoms with Crippen molar-refractivity contribution < 1.29 is 9.26 Å². The Labute approximate surface area is 163 Å². The van der Waals surface area contributed by atoms with E-state index in [9.17, 15) is 0 Å². The second-order valence-corrected chi connectivity index (χ2v) is 6.59. The topological polar surface area (TPSA) is 73.1 Å². The molecule has 0 saturated carbocycles. The van der Waals surface area contributed by atoms with E-state index >= 15 is 0 Å². The summed E-state index contributed by atoms with van der Waals surface area (Å²) in [5.74, 6) is 2.14. The molecule has 2 aromatic carbocycles. The summed E-state index contributed by atoms with van der Waals surface area (Å²) in [5.41, 5.74) is 5.19. The molecule has 0 unspecified atom stereocenters. The zero-order valence-electron chi connectivity index (χ0n) is 16.2. The number of aromatic nitrogens is 3. The van der Waals surface area contributed by atoms with Gasteiger partial charge in [-0.25, -0.2) is 9.97 Å². The van der Waals surface area contributed by atoms with Crippen LogP contribution in [0, 0.1) is 13.8 Å². The van der Waals surface area contributed by atoms with Crippen LogP contribution in [0.3, 0.4) is 0 Å². The molecular weight excluding hydrogens is 352 g/mol. The summed E-state index contributed by atoms with van der Waals surface area (Å²) in [7, 11) is 0. The predicted octanol–water partition coefficient (Wildman–Crippen LogP) is 4.91. The zero-order valence-corrected chi connectivity index (χ0v) is 16.2. The van der Waals surface area contributed by atoms with Crippen LogP contribution in [-0.4, -0.2) is 21.7 Å². The Morgan fingerprint density at radius 1 is 1.00 bits per heavy atom. The minimum atomic E-state index is 0.551. The maximum atomic E-state index is 5.70. The largest absolute Gasteiger partial charge is 0.494 e. The third kappa shape index (κ3) is 3.53. The Hall–Kier alpha value is -3.41. The van der Waals surface area contributed by atoms with Gasteiger partial charge in [0, 0.05) is 17.7 Å². The first-order valence-corrected chi connectivity index (χ1v) is 9.31. The first-order chi connectivity index (χ1) is 13.7. The summed E-state index contributed by atoms with van der Waals surface area (Å²) in [6.07, 6.45) is 0. The van der Waals surface area contributed by atoms with Gasteiger partial charge in [0.2, 0.25) is 5.58 Å². The van der Waals surface area contributed by atoms with Crippen LogP contribution in [0.5, 0.6) is 5.75 Å². The quantitative estimate of drug-likeness (QED) is 0.517. The van der Waals surface area contributed by atoms with Crippen molar-refractivity contribution in [2.75, 3.05) is 11.9 Å². The van der Waals surface area contributed by atoms with Gasteiger partial charge in [0.05, 0.1) is 6.61 Å². The lowest BCUT2D eigenvalue weighted by Crippen LogP contribution is -2.05. The predicted molar refractivity (Wildman–Crippen MR) is 109 cm³/mol. The monoisotopic (exact) mass is 374 g/mol. The van der Waals surface area contributed by atoms with Gasteiger partial charge in [-0.05, 0) is 26.8 Å². The van der Waals surface area contributed by atoms with Crippen molar-refractivity contribution in [3.05, 3.63) is 65.5 Å². The van der Waals surface area contributed by atoms with E-state index in [2.05, 4.69) is 27.4 Å². The minimum absolute atomic E-state index is 0.551. The van der Waals surface area contributed by atoms with Crippen molar-refractivity contribution in [2.45, 2.75) is 27.3 Å². The fourth-order valence-electron chi connectivity index (χ4n) is 3.09. The first kappa shape index (κ1) is 18.0. The molecule has 0 aliphatic rings. The summed E-state index contributed by atoms with van der Waals surface area (Å²) in [6, 6.07) is 16.1. The number of hydrogen-bond acceptors (Lipinski definition) is 6. The Morgan fingerprint density at radius 2 is 1.79 bits per heavy atom. The Balaban J connectivity index is 1.68. The fraction of sp³-hybridized carbons (Fsp3) is 0.227. The number of ether oxygens (including phenoxy) is 1. The van der Waals surface area contributed by atoms with Crippen LogP contribution in [0.15, 0.2) is 53.1 Å². The summed E-state index contributed by atoms with van der Waals surface area (Å²) in [4.78, 5) is 9.08. The van der Waals surface area contributed by atoms with Gasteiger partial charge in [0.15, 0.2) is 5.82 Å². The van der Waals surface area contributed by atoms with Crippen LogP contribution in [0.4, 0.5) is 5.82 Å². The molecule has 4 rings (SSSR count). The number of hydrogen-bond donors (Lipinski definition) is 1. The van der Waals surface area contributed by atoms with E-state index in [1.54, 1.807) is 0 Å². The van der Waals surface area contributed by atoms with Crippen molar-refractivity contribution in [2.24, 2.45) is 0 Å². The molecule has 2 aromatic heterocycles. The standard InChI is InChI=1S/C22H22N4O2/c1-4-27-18-8-6-5-7-17(18)13-23-22-21-20(24-15(3)25-22)19(26-28-21)16-11-9-14(2)10-12-16/h5-12H,4,13H2,1-3H3,(H,23,24,25). The van der Waals surface area contributed by atoms with E-state index in [-0.39, 0.29) is 0 Å². The van der Waals surface area contributed by atoms with Crippen molar-refractivity contribution in [1.29, 1.82) is 0 Å². The molecular formula is C22H22N4O2. The highest BCUT2D eigenvalue weighted by atomic mass is 16.5. The highest BCUT2D eigenvalue weighted by Gasteiger charge is 2.17. The van der Waals surface area contributed by atoms with Crippen LogP contribution in [0.1, 0.15) is 23.9 Å². The SMILES string of the molecule is CCOc1ccccc1CNc1nc(C)nc2c(-c3ccc(C)cc3)noc12. The number of benzene rings is 2. The Kier molecular flexibility index (Phi) is 4.93. The maximum Gasteiger partial charge on any atom is 0.228 e. The van der Waals surface area contributed by atoms with Crippen molar-refractivity contribution in [1.82, 2.24) is 15.1 Å². The average molecular weight is 374 g/mol. The molecule has 0 aliphatic carbocycles. The van der Waals surface area contributed by atoms with Gasteiger partial charge in [-0.1, -0.05) is 53.2 Å². The Morgan fingerprint density at radius 3 is 2.57 bits per heavy atom. The van der Waals surface area contributed by atoms with E-state index < -0.39 is 0 Å². The van der Waals surface area contributed by atoms with Gasteiger partial charge >= 0.3 is 0 Å². The lowest BCUT2D eigenvalue weighted by atomic mass is 10.1. The van der Waals surface area contributed by atoms with Crippen LogP contribution in [-0.2, 0) is 6.54 Å². The fourth-order valence-corrected chi connectivity index (χ4v) is 3.09. The minimum Gasteiger partial charge on any atom is -0.494 e. The second kappa shape index (κ2) is 7.68. The van der Waals surface area contributed by atoms with Crippen LogP contribution < -0.4 is 10.1 Å². The molecule has 6 nitrogen and oxygen atoms in total.